The van der Waals surface area contributed by atoms with Gasteiger partial charge < -0.3 is 25.4 Å². The molecule has 0 unspecified atom stereocenters. The van der Waals surface area contributed by atoms with Crippen LogP contribution in [0.5, 0.6) is 11.8 Å². The Balaban J connectivity index is 1.29. The standard InChI is InChI=1S/C24H22ClF3N6O4/c1-2-37-21-31-12-17(13-32-21)38-22(36)34-23(7-8-23)20(35)30-10-15-4-5-16(11-29-15)33-19-6-3-14(25)9-18(19)24(26,27)28/h3-6,9,11-13,33H,2,7-8,10H2,1H3,(H,30,35)(H,34,36). The van der Waals surface area contributed by atoms with Crippen molar-refractivity contribution in [1.82, 2.24) is 25.6 Å². The quantitative estimate of drug-likeness (QED) is 0.352. The van der Waals surface area contributed by atoms with Crippen LogP contribution in [0.4, 0.5) is 29.3 Å². The summed E-state index contributed by atoms with van der Waals surface area (Å²) in [7, 11) is 0. The van der Waals surface area contributed by atoms with Gasteiger partial charge in [-0.05, 0) is 50.1 Å². The van der Waals surface area contributed by atoms with Crippen molar-refractivity contribution in [1.29, 1.82) is 0 Å². The Morgan fingerprint density at radius 3 is 2.42 bits per heavy atom. The molecule has 1 aliphatic carbocycles. The molecule has 2 heterocycles. The van der Waals surface area contributed by atoms with Crippen molar-refractivity contribution < 1.29 is 32.2 Å². The number of ether oxygens (including phenoxy) is 2. The molecular formula is C24H22ClF3N6O4. The van der Waals surface area contributed by atoms with Crippen LogP contribution in [-0.4, -0.2) is 39.1 Å². The minimum atomic E-state index is -4.59. The molecule has 200 valence electrons. The molecule has 1 saturated carbocycles. The average molecular weight is 551 g/mol. The fraction of sp³-hybridized carbons (Fsp3) is 0.292. The lowest BCUT2D eigenvalue weighted by atomic mass is 10.1. The number of pyridine rings is 1. The average Bonchev–Trinajstić information content (AvgIpc) is 3.65. The lowest BCUT2D eigenvalue weighted by molar-refractivity contribution is -0.137. The number of amides is 2. The molecule has 0 atom stereocenters. The van der Waals surface area contributed by atoms with Crippen molar-refractivity contribution in [2.24, 2.45) is 0 Å². The highest BCUT2D eigenvalue weighted by atomic mass is 35.5. The van der Waals surface area contributed by atoms with Crippen molar-refractivity contribution in [3.8, 4) is 11.8 Å². The van der Waals surface area contributed by atoms with Gasteiger partial charge in [-0.3, -0.25) is 9.78 Å². The summed E-state index contributed by atoms with van der Waals surface area (Å²) in [4.78, 5) is 36.9. The Kier molecular flexibility index (Phi) is 7.86. The summed E-state index contributed by atoms with van der Waals surface area (Å²) in [5.74, 6) is -0.335. The predicted molar refractivity (Wildman–Crippen MR) is 130 cm³/mol. The highest BCUT2D eigenvalue weighted by molar-refractivity contribution is 6.30. The first kappa shape index (κ1) is 26.9. The fourth-order valence-electron chi connectivity index (χ4n) is 3.38. The van der Waals surface area contributed by atoms with Gasteiger partial charge in [-0.25, -0.2) is 4.79 Å². The van der Waals surface area contributed by atoms with Crippen LogP contribution in [-0.2, 0) is 17.5 Å². The van der Waals surface area contributed by atoms with E-state index in [2.05, 4.69) is 30.9 Å². The number of carbonyl (C=O) groups excluding carboxylic acids is 2. The molecule has 0 saturated heterocycles. The maximum atomic E-state index is 13.3. The van der Waals surface area contributed by atoms with Gasteiger partial charge >= 0.3 is 18.3 Å². The number of aromatic nitrogens is 3. The summed E-state index contributed by atoms with van der Waals surface area (Å²) >= 11 is 5.71. The zero-order valence-electron chi connectivity index (χ0n) is 19.9. The van der Waals surface area contributed by atoms with E-state index in [0.717, 1.165) is 6.07 Å². The monoisotopic (exact) mass is 550 g/mol. The molecule has 38 heavy (non-hydrogen) atoms. The van der Waals surface area contributed by atoms with Crippen molar-refractivity contribution in [2.75, 3.05) is 11.9 Å². The first-order valence-electron chi connectivity index (χ1n) is 11.4. The minimum Gasteiger partial charge on any atom is -0.464 e. The topological polar surface area (TPSA) is 127 Å². The molecule has 3 aromatic rings. The Bertz CT molecular complexity index is 1300. The van der Waals surface area contributed by atoms with Crippen molar-refractivity contribution in [2.45, 2.75) is 38.0 Å². The molecule has 4 rings (SSSR count). The molecule has 3 N–H and O–H groups in total. The second-order valence-electron chi connectivity index (χ2n) is 8.26. The second kappa shape index (κ2) is 11.1. The zero-order valence-corrected chi connectivity index (χ0v) is 20.7. The predicted octanol–water partition coefficient (Wildman–Crippen LogP) is 4.62. The number of benzene rings is 1. The summed E-state index contributed by atoms with van der Waals surface area (Å²) in [6, 6.07) is 6.65. The number of nitrogens with zero attached hydrogens (tertiary/aromatic N) is 3. The molecule has 0 spiro atoms. The van der Waals surface area contributed by atoms with Crippen LogP contribution in [0.15, 0.2) is 48.9 Å². The van der Waals surface area contributed by atoms with Crippen LogP contribution >= 0.6 is 11.6 Å². The van der Waals surface area contributed by atoms with E-state index in [1.807, 2.05) is 0 Å². The van der Waals surface area contributed by atoms with Crippen LogP contribution in [0.3, 0.4) is 0 Å². The molecule has 2 amide bonds. The normalized spacial score (nSPS) is 13.8. The van der Waals surface area contributed by atoms with E-state index in [9.17, 15) is 22.8 Å². The summed E-state index contributed by atoms with van der Waals surface area (Å²) in [5.41, 5.74) is -1.41. The molecule has 0 aliphatic heterocycles. The summed E-state index contributed by atoms with van der Waals surface area (Å²) in [6.45, 7) is 2.21. The van der Waals surface area contributed by atoms with Crippen molar-refractivity contribution in [3.05, 3.63) is 65.2 Å². The maximum absolute atomic E-state index is 13.3. The van der Waals surface area contributed by atoms with Gasteiger partial charge in [-0.1, -0.05) is 11.6 Å². The molecule has 1 fully saturated rings. The van der Waals surface area contributed by atoms with Gasteiger partial charge in [0.05, 0.1) is 54.4 Å². The van der Waals surface area contributed by atoms with Crippen molar-refractivity contribution in [3.63, 3.8) is 0 Å². The Labute approximate surface area is 219 Å². The molecule has 1 aromatic carbocycles. The molecule has 1 aliphatic rings. The van der Waals surface area contributed by atoms with E-state index < -0.39 is 29.3 Å². The molecule has 10 nitrogen and oxygen atoms in total. The SMILES string of the molecule is CCOc1ncc(OC(=O)NC2(C(=O)NCc3ccc(Nc4ccc(Cl)cc4C(F)(F)F)cn3)CC2)cn1. The third-order valence-electron chi connectivity index (χ3n) is 5.44. The largest absolute Gasteiger partial charge is 0.464 e. The Morgan fingerprint density at radius 1 is 1.08 bits per heavy atom. The summed E-state index contributed by atoms with van der Waals surface area (Å²) < 4.78 is 50.2. The molecule has 0 bridgehead atoms. The lowest BCUT2D eigenvalue weighted by Gasteiger charge is -2.17. The van der Waals surface area contributed by atoms with Crippen LogP contribution in [0.2, 0.25) is 5.02 Å². The number of hydrogen-bond acceptors (Lipinski definition) is 8. The van der Waals surface area contributed by atoms with Gasteiger partial charge in [0.25, 0.3) is 0 Å². The first-order chi connectivity index (χ1) is 18.1. The Hall–Kier alpha value is -4.13. The summed E-state index contributed by atoms with van der Waals surface area (Å²) in [5, 5.41) is 7.90. The van der Waals surface area contributed by atoms with E-state index in [1.165, 1.54) is 36.8 Å². The number of nitrogens with one attached hydrogen (secondary N) is 3. The molecule has 2 aromatic heterocycles. The number of halogens is 4. The van der Waals surface area contributed by atoms with Crippen LogP contribution < -0.4 is 25.4 Å². The zero-order chi connectivity index (χ0) is 27.3. The maximum Gasteiger partial charge on any atom is 0.418 e. The van der Waals surface area contributed by atoms with E-state index in [1.54, 1.807) is 13.0 Å². The van der Waals surface area contributed by atoms with Gasteiger partial charge in [-0.15, -0.1) is 0 Å². The highest BCUT2D eigenvalue weighted by Crippen LogP contribution is 2.38. The lowest BCUT2D eigenvalue weighted by Crippen LogP contribution is -2.49. The van der Waals surface area contributed by atoms with Gasteiger partial charge in [0.1, 0.15) is 5.54 Å². The first-order valence-corrected chi connectivity index (χ1v) is 11.8. The third kappa shape index (κ3) is 6.79. The van der Waals surface area contributed by atoms with E-state index in [-0.39, 0.29) is 29.0 Å². The Morgan fingerprint density at radius 2 is 1.82 bits per heavy atom. The van der Waals surface area contributed by atoms with Gasteiger partial charge in [0.2, 0.25) is 5.91 Å². The number of hydrogen-bond donors (Lipinski definition) is 3. The van der Waals surface area contributed by atoms with E-state index >= 15 is 0 Å². The second-order valence-corrected chi connectivity index (χ2v) is 8.70. The molecule has 14 heteroatoms. The molecule has 0 radical (unpaired) electrons. The number of carbonyl (C=O) groups is 2. The fourth-order valence-corrected chi connectivity index (χ4v) is 3.55. The highest BCUT2D eigenvalue weighted by Gasteiger charge is 2.51. The minimum absolute atomic E-state index is 0.0338. The van der Waals surface area contributed by atoms with Crippen LogP contribution in [0, 0.1) is 0 Å². The van der Waals surface area contributed by atoms with Gasteiger partial charge in [-0.2, -0.15) is 23.1 Å². The van der Waals surface area contributed by atoms with Gasteiger partial charge in [0, 0.05) is 5.02 Å². The smallest absolute Gasteiger partial charge is 0.418 e. The molecular weight excluding hydrogens is 529 g/mol. The van der Waals surface area contributed by atoms with Gasteiger partial charge in [0.15, 0.2) is 5.75 Å². The van der Waals surface area contributed by atoms with Crippen LogP contribution in [0.1, 0.15) is 31.0 Å². The van der Waals surface area contributed by atoms with Crippen molar-refractivity contribution >= 4 is 35.0 Å². The number of rotatable bonds is 9. The summed E-state index contributed by atoms with van der Waals surface area (Å²) in [6.07, 6.45) is -0.682. The number of anilines is 2. The van der Waals surface area contributed by atoms with Crippen LogP contribution in [0.25, 0.3) is 0 Å². The number of alkyl halides is 3. The van der Waals surface area contributed by atoms with E-state index in [0.29, 0.717) is 30.8 Å². The van der Waals surface area contributed by atoms with E-state index in [4.69, 9.17) is 21.1 Å². The third-order valence-corrected chi connectivity index (χ3v) is 5.67.